The minimum absolute atomic E-state index is 0.249. The molecule has 0 saturated carbocycles. The molecule has 1 aromatic carbocycles. The number of piperidine rings is 1. The largest absolute Gasteiger partial charge is 0.342 e. The van der Waals surface area contributed by atoms with Crippen molar-refractivity contribution in [2.75, 3.05) is 23.3 Å². The number of anilines is 2. The lowest BCUT2D eigenvalue weighted by Gasteiger charge is -2.36. The molecule has 1 amide bonds. The summed E-state index contributed by atoms with van der Waals surface area (Å²) >= 11 is 0. The van der Waals surface area contributed by atoms with Gasteiger partial charge in [-0.3, -0.25) is 14.6 Å². The zero-order valence-corrected chi connectivity index (χ0v) is 17.1. The van der Waals surface area contributed by atoms with Gasteiger partial charge in [0.2, 0.25) is 11.9 Å². The molecule has 2 aromatic rings. The Labute approximate surface area is 175 Å². The van der Waals surface area contributed by atoms with Crippen LogP contribution in [0, 0.1) is 29.1 Å². The van der Waals surface area contributed by atoms with Gasteiger partial charge in [0.1, 0.15) is 11.7 Å². The van der Waals surface area contributed by atoms with Crippen LogP contribution in [0.1, 0.15) is 37.3 Å². The Bertz CT molecular complexity index is 1060. The molecule has 7 heteroatoms. The first-order valence-corrected chi connectivity index (χ1v) is 10.3. The molecule has 7 nitrogen and oxygen atoms in total. The number of aromatic amines is 1. The zero-order valence-electron chi connectivity index (χ0n) is 17.1. The van der Waals surface area contributed by atoms with Crippen molar-refractivity contribution in [3.8, 4) is 6.07 Å². The van der Waals surface area contributed by atoms with Crippen LogP contribution in [0.25, 0.3) is 6.08 Å². The fourth-order valence-corrected chi connectivity index (χ4v) is 4.51. The van der Waals surface area contributed by atoms with Crippen LogP contribution in [0.2, 0.25) is 0 Å². The lowest BCUT2D eigenvalue weighted by atomic mass is 9.83. The quantitative estimate of drug-likeness (QED) is 0.820. The van der Waals surface area contributed by atoms with Gasteiger partial charge < -0.3 is 10.2 Å². The highest BCUT2D eigenvalue weighted by Gasteiger charge is 2.38. The third-order valence-electron chi connectivity index (χ3n) is 5.76. The van der Waals surface area contributed by atoms with Crippen molar-refractivity contribution in [3.05, 3.63) is 57.9 Å². The third-order valence-corrected chi connectivity index (χ3v) is 5.76. The summed E-state index contributed by atoms with van der Waals surface area (Å²) in [6.07, 6.45) is 4.72. The van der Waals surface area contributed by atoms with Crippen LogP contribution in [-0.4, -0.2) is 29.0 Å². The molecule has 2 N–H and O–H groups in total. The molecule has 2 aliphatic heterocycles. The van der Waals surface area contributed by atoms with Crippen LogP contribution >= 0.6 is 0 Å². The van der Waals surface area contributed by atoms with Gasteiger partial charge in [-0.2, -0.15) is 10.2 Å². The average molecular weight is 403 g/mol. The molecular formula is C23H25N5O2. The second-order valence-electron chi connectivity index (χ2n) is 8.39. The van der Waals surface area contributed by atoms with Crippen molar-refractivity contribution in [3.63, 3.8) is 0 Å². The predicted octanol–water partition coefficient (Wildman–Crippen LogP) is 3.14. The molecular weight excluding hydrogens is 378 g/mol. The van der Waals surface area contributed by atoms with Gasteiger partial charge in [-0.25, -0.2) is 0 Å². The van der Waals surface area contributed by atoms with Crippen LogP contribution in [0.15, 0.2) is 41.2 Å². The fourth-order valence-electron chi connectivity index (χ4n) is 4.51. The van der Waals surface area contributed by atoms with Gasteiger partial charge in [0.25, 0.3) is 5.56 Å². The second-order valence-corrected chi connectivity index (χ2v) is 8.39. The summed E-state index contributed by atoms with van der Waals surface area (Å²) in [4.78, 5) is 35.2. The standard InChI is InChI=1S/C23H25N5O2/c1-14-10-15(2)13-28(12-14)23-26-20-19(22(30)27-23)17(18(11-24)21(29)25-20)9-8-16-6-4-3-5-7-16/h3-9,14-15,17-18H,10,12-13H2,1-2H3,(H2,25,26,27,29,30)/b9-8+. The lowest BCUT2D eigenvalue weighted by molar-refractivity contribution is -0.119. The summed E-state index contributed by atoms with van der Waals surface area (Å²) in [6.45, 7) is 5.97. The van der Waals surface area contributed by atoms with E-state index in [1.54, 1.807) is 6.08 Å². The van der Waals surface area contributed by atoms with E-state index in [2.05, 4.69) is 34.0 Å². The molecule has 1 saturated heterocycles. The van der Waals surface area contributed by atoms with Gasteiger partial charge in [0.05, 0.1) is 11.6 Å². The van der Waals surface area contributed by atoms with E-state index >= 15 is 0 Å². The first-order valence-electron chi connectivity index (χ1n) is 10.3. The number of fused-ring (bicyclic) bond motifs is 1. The summed E-state index contributed by atoms with van der Waals surface area (Å²) in [5.74, 6) is -0.372. The summed E-state index contributed by atoms with van der Waals surface area (Å²) in [6, 6.07) is 11.6. The molecule has 2 aliphatic rings. The van der Waals surface area contributed by atoms with Gasteiger partial charge in [-0.05, 0) is 23.8 Å². The number of hydrogen-bond donors (Lipinski definition) is 2. The summed E-state index contributed by atoms with van der Waals surface area (Å²) in [5, 5.41) is 12.3. The molecule has 154 valence electrons. The van der Waals surface area contributed by atoms with Crippen LogP contribution in [-0.2, 0) is 4.79 Å². The van der Waals surface area contributed by atoms with Crippen molar-refractivity contribution in [2.45, 2.75) is 26.2 Å². The van der Waals surface area contributed by atoms with Crippen LogP contribution in [0.5, 0.6) is 0 Å². The number of nitrogens with zero attached hydrogens (tertiary/aromatic N) is 3. The molecule has 0 spiro atoms. The topological polar surface area (TPSA) is 102 Å². The maximum atomic E-state index is 13.1. The Morgan fingerprint density at radius 2 is 1.87 bits per heavy atom. The minimum Gasteiger partial charge on any atom is -0.342 e. The van der Waals surface area contributed by atoms with Crippen molar-refractivity contribution in [1.82, 2.24) is 9.97 Å². The number of allylic oxidation sites excluding steroid dienone is 1. The van der Waals surface area contributed by atoms with Crippen molar-refractivity contribution >= 4 is 23.7 Å². The highest BCUT2D eigenvalue weighted by molar-refractivity contribution is 5.97. The SMILES string of the molecule is CC1CC(C)CN(c2nc3c(c(=O)[nH]2)C(/C=C/c2ccccc2)C(C#N)C(=O)N3)C1. The van der Waals surface area contributed by atoms with Gasteiger partial charge in [-0.15, -0.1) is 0 Å². The van der Waals surface area contributed by atoms with Crippen LogP contribution in [0.4, 0.5) is 11.8 Å². The van der Waals surface area contributed by atoms with E-state index in [9.17, 15) is 14.9 Å². The molecule has 0 radical (unpaired) electrons. The number of carbonyl (C=O) groups excluding carboxylic acids is 1. The van der Waals surface area contributed by atoms with Crippen molar-refractivity contribution in [1.29, 1.82) is 5.26 Å². The summed E-state index contributed by atoms with van der Waals surface area (Å²) < 4.78 is 0. The van der Waals surface area contributed by atoms with Gasteiger partial charge in [0, 0.05) is 19.0 Å². The normalized spacial score (nSPS) is 26.2. The molecule has 4 atom stereocenters. The molecule has 1 fully saturated rings. The smallest absolute Gasteiger partial charge is 0.258 e. The Morgan fingerprint density at radius 3 is 2.53 bits per heavy atom. The molecule has 4 rings (SSSR count). The highest BCUT2D eigenvalue weighted by atomic mass is 16.2. The number of hydrogen-bond acceptors (Lipinski definition) is 5. The van der Waals surface area contributed by atoms with E-state index in [0.29, 0.717) is 23.3 Å². The van der Waals surface area contributed by atoms with Gasteiger partial charge in [0.15, 0.2) is 0 Å². The number of rotatable bonds is 3. The number of nitrogens with one attached hydrogen (secondary N) is 2. The summed E-state index contributed by atoms with van der Waals surface area (Å²) in [7, 11) is 0. The summed E-state index contributed by atoms with van der Waals surface area (Å²) in [5.41, 5.74) is 0.943. The van der Waals surface area contributed by atoms with E-state index < -0.39 is 17.7 Å². The van der Waals surface area contributed by atoms with Gasteiger partial charge in [-0.1, -0.05) is 56.3 Å². The van der Waals surface area contributed by atoms with Crippen molar-refractivity contribution < 1.29 is 4.79 Å². The number of aromatic nitrogens is 2. The first kappa shape index (κ1) is 19.9. The van der Waals surface area contributed by atoms with Crippen molar-refractivity contribution in [2.24, 2.45) is 17.8 Å². The molecule has 30 heavy (non-hydrogen) atoms. The van der Waals surface area contributed by atoms with E-state index in [-0.39, 0.29) is 11.4 Å². The molecule has 0 aliphatic carbocycles. The number of carbonyl (C=O) groups is 1. The number of amides is 1. The van der Waals surface area contributed by atoms with E-state index in [1.165, 1.54) is 0 Å². The average Bonchev–Trinajstić information content (AvgIpc) is 2.71. The highest BCUT2D eigenvalue weighted by Crippen LogP contribution is 2.35. The Hall–Kier alpha value is -3.40. The molecule has 1 aromatic heterocycles. The zero-order chi connectivity index (χ0) is 21.3. The van der Waals surface area contributed by atoms with Crippen LogP contribution in [0.3, 0.4) is 0 Å². The molecule has 0 bridgehead atoms. The number of benzene rings is 1. The third kappa shape index (κ3) is 3.86. The molecule has 4 unspecified atom stereocenters. The van der Waals surface area contributed by atoms with E-state index in [4.69, 9.17) is 0 Å². The van der Waals surface area contributed by atoms with Crippen LogP contribution < -0.4 is 15.8 Å². The fraction of sp³-hybridized carbons (Fsp3) is 0.391. The first-order chi connectivity index (χ1) is 14.5. The molecule has 3 heterocycles. The maximum absolute atomic E-state index is 13.1. The Balaban J connectivity index is 1.74. The Morgan fingerprint density at radius 1 is 1.17 bits per heavy atom. The minimum atomic E-state index is -0.985. The number of H-pyrrole nitrogens is 1. The van der Waals surface area contributed by atoms with E-state index in [0.717, 1.165) is 25.1 Å². The Kier molecular flexibility index (Phi) is 5.40. The predicted molar refractivity (Wildman–Crippen MR) is 116 cm³/mol. The van der Waals surface area contributed by atoms with Gasteiger partial charge >= 0.3 is 0 Å². The number of nitriles is 1. The van der Waals surface area contributed by atoms with E-state index in [1.807, 2.05) is 42.5 Å². The maximum Gasteiger partial charge on any atom is 0.258 e. The lowest BCUT2D eigenvalue weighted by Crippen LogP contribution is -2.42. The second kappa shape index (κ2) is 8.15. The monoisotopic (exact) mass is 403 g/mol.